The highest BCUT2D eigenvalue weighted by Gasteiger charge is 2.30. The van der Waals surface area contributed by atoms with Crippen molar-refractivity contribution in [1.29, 1.82) is 0 Å². The van der Waals surface area contributed by atoms with E-state index in [0.717, 1.165) is 6.07 Å². The van der Waals surface area contributed by atoms with Crippen molar-refractivity contribution >= 4 is 16.7 Å². The maximum atomic E-state index is 15.0. The number of anilines is 1. The largest absolute Gasteiger partial charge is 0.493 e. The summed E-state index contributed by atoms with van der Waals surface area (Å²) in [6.07, 6.45) is 0. The second kappa shape index (κ2) is 9.60. The van der Waals surface area contributed by atoms with E-state index in [0.29, 0.717) is 6.92 Å². The number of nitrogens with zero attached hydrogens (tertiary/aromatic N) is 2. The molecule has 3 rings (SSSR count). The standard InChI is InChI=1S/C23H26F3N3O3/c1-13(15-7-6-8-17(21(15)24)23(3,25)26)27-22-16-11-20(32-10-9-30-4)19(31-5)12-18(16)28-14(2)29-22/h6-8,11-13H,9-10H2,1-5H3,(H,27,28,29)/t13-/m1/s1/i4D3,9D2,10D2. The molecule has 0 fully saturated rings. The smallest absolute Gasteiger partial charge is 0.273 e. The summed E-state index contributed by atoms with van der Waals surface area (Å²) in [5, 5.41) is 3.15. The summed E-state index contributed by atoms with van der Waals surface area (Å²) in [7, 11) is -2.02. The predicted molar refractivity (Wildman–Crippen MR) is 116 cm³/mol. The first-order valence-electron chi connectivity index (χ1n) is 12.9. The molecule has 1 N–H and O–H groups in total. The number of hydrogen-bond acceptors (Lipinski definition) is 6. The van der Waals surface area contributed by atoms with Gasteiger partial charge >= 0.3 is 0 Å². The summed E-state index contributed by atoms with van der Waals surface area (Å²) in [6.45, 7) is -3.04. The van der Waals surface area contributed by atoms with E-state index in [1.165, 1.54) is 38.3 Å². The van der Waals surface area contributed by atoms with E-state index in [1.54, 1.807) is 6.92 Å². The van der Waals surface area contributed by atoms with Crippen molar-refractivity contribution in [2.24, 2.45) is 0 Å². The molecule has 0 radical (unpaired) electrons. The number of aromatic nitrogens is 2. The Balaban J connectivity index is 2.07. The van der Waals surface area contributed by atoms with Gasteiger partial charge in [0.1, 0.15) is 24.0 Å². The van der Waals surface area contributed by atoms with Crippen LogP contribution in [0.3, 0.4) is 0 Å². The zero-order valence-corrected chi connectivity index (χ0v) is 17.7. The van der Waals surface area contributed by atoms with Crippen LogP contribution in [-0.4, -0.2) is 37.2 Å². The summed E-state index contributed by atoms with van der Waals surface area (Å²) in [5.74, 6) is -4.54. The summed E-state index contributed by atoms with van der Waals surface area (Å²) >= 11 is 0. The normalized spacial score (nSPS) is 17.2. The number of aryl methyl sites for hydroxylation is 1. The lowest BCUT2D eigenvalue weighted by Gasteiger charge is -2.20. The van der Waals surface area contributed by atoms with Gasteiger partial charge in [0.25, 0.3) is 5.92 Å². The average molecular weight is 457 g/mol. The van der Waals surface area contributed by atoms with E-state index in [-0.39, 0.29) is 39.6 Å². The Morgan fingerprint density at radius 3 is 2.69 bits per heavy atom. The minimum absolute atomic E-state index is 0.0604. The van der Waals surface area contributed by atoms with Crippen molar-refractivity contribution < 1.29 is 37.0 Å². The van der Waals surface area contributed by atoms with Gasteiger partial charge < -0.3 is 19.5 Å². The number of nitrogens with one attached hydrogen (secondary N) is 1. The van der Waals surface area contributed by atoms with Crippen LogP contribution >= 0.6 is 0 Å². The predicted octanol–water partition coefficient (Wildman–Crippen LogP) is 5.40. The third-order valence-electron chi connectivity index (χ3n) is 4.67. The third-order valence-corrected chi connectivity index (χ3v) is 4.67. The summed E-state index contributed by atoms with van der Waals surface area (Å²) in [5.41, 5.74) is -0.554. The molecule has 0 unspecified atom stereocenters. The molecule has 0 aliphatic rings. The Morgan fingerprint density at radius 2 is 2.00 bits per heavy atom. The van der Waals surface area contributed by atoms with Gasteiger partial charge in [-0.1, -0.05) is 18.2 Å². The molecular formula is C23H26F3N3O3. The molecule has 1 heterocycles. The molecule has 0 aliphatic carbocycles. The van der Waals surface area contributed by atoms with Crippen LogP contribution in [0.15, 0.2) is 30.3 Å². The molecule has 2 aromatic carbocycles. The first-order valence-corrected chi connectivity index (χ1v) is 9.44. The van der Waals surface area contributed by atoms with Gasteiger partial charge in [-0.2, -0.15) is 0 Å². The van der Waals surface area contributed by atoms with Crippen molar-refractivity contribution in [3.63, 3.8) is 0 Å². The average Bonchev–Trinajstić information content (AvgIpc) is 2.76. The van der Waals surface area contributed by atoms with Crippen LogP contribution in [-0.2, 0) is 10.7 Å². The first kappa shape index (κ1) is 15.7. The van der Waals surface area contributed by atoms with E-state index >= 15 is 0 Å². The quantitative estimate of drug-likeness (QED) is 0.465. The number of halogens is 3. The zero-order valence-electron chi connectivity index (χ0n) is 24.7. The molecule has 0 saturated heterocycles. The van der Waals surface area contributed by atoms with Crippen LogP contribution in [0.2, 0.25) is 0 Å². The molecule has 172 valence electrons. The number of hydrogen-bond donors (Lipinski definition) is 1. The van der Waals surface area contributed by atoms with Gasteiger partial charge in [0.2, 0.25) is 0 Å². The van der Waals surface area contributed by atoms with Gasteiger partial charge in [-0.3, -0.25) is 0 Å². The molecule has 1 atom stereocenters. The summed E-state index contributed by atoms with van der Waals surface area (Å²) in [4.78, 5) is 8.60. The number of ether oxygens (including phenoxy) is 3. The lowest BCUT2D eigenvalue weighted by atomic mass is 10.0. The minimum atomic E-state index is -3.42. The van der Waals surface area contributed by atoms with Crippen molar-refractivity contribution in [2.45, 2.75) is 32.7 Å². The number of fused-ring (bicyclic) bond motifs is 1. The van der Waals surface area contributed by atoms with Crippen LogP contribution in [0.25, 0.3) is 10.9 Å². The Morgan fingerprint density at radius 1 is 1.22 bits per heavy atom. The van der Waals surface area contributed by atoms with Crippen molar-refractivity contribution in [2.75, 3.05) is 32.6 Å². The first-order chi connectivity index (χ1) is 17.8. The Hall–Kier alpha value is -3.07. The molecule has 6 nitrogen and oxygen atoms in total. The molecule has 9 heteroatoms. The molecule has 1 aromatic heterocycles. The van der Waals surface area contributed by atoms with Crippen molar-refractivity contribution in [3.8, 4) is 11.5 Å². The van der Waals surface area contributed by atoms with E-state index in [9.17, 15) is 13.2 Å². The van der Waals surface area contributed by atoms with Gasteiger partial charge in [0, 0.05) is 31.0 Å². The number of rotatable bonds is 9. The topological polar surface area (TPSA) is 65.5 Å². The van der Waals surface area contributed by atoms with Gasteiger partial charge in [-0.15, -0.1) is 0 Å². The van der Waals surface area contributed by atoms with Crippen LogP contribution in [0.4, 0.5) is 19.0 Å². The second-order valence-corrected chi connectivity index (χ2v) is 7.01. The minimum Gasteiger partial charge on any atom is -0.493 e. The fraction of sp³-hybridized carbons (Fsp3) is 0.391. The molecule has 3 aromatic rings. The van der Waals surface area contributed by atoms with Gasteiger partial charge in [0.05, 0.1) is 40.4 Å². The van der Waals surface area contributed by atoms with Crippen LogP contribution in [0.1, 0.15) is 46.4 Å². The number of alkyl halides is 2. The number of benzene rings is 2. The van der Waals surface area contributed by atoms with E-state index in [2.05, 4.69) is 20.0 Å². The van der Waals surface area contributed by atoms with Crippen molar-refractivity contribution in [3.05, 3.63) is 53.1 Å². The maximum absolute atomic E-state index is 15.0. The third kappa shape index (κ3) is 5.04. The summed E-state index contributed by atoms with van der Waals surface area (Å²) < 4.78 is 110. The number of methoxy groups -OCH3 is 2. The molecule has 0 spiro atoms. The van der Waals surface area contributed by atoms with E-state index < -0.39 is 43.5 Å². The monoisotopic (exact) mass is 456 g/mol. The van der Waals surface area contributed by atoms with Crippen molar-refractivity contribution in [1.82, 2.24) is 9.97 Å². The highest BCUT2D eigenvalue weighted by atomic mass is 19.3. The lowest BCUT2D eigenvalue weighted by molar-refractivity contribution is 0.0136. The van der Waals surface area contributed by atoms with Crippen LogP contribution in [0, 0.1) is 12.7 Å². The van der Waals surface area contributed by atoms with Crippen LogP contribution < -0.4 is 14.8 Å². The van der Waals surface area contributed by atoms with E-state index in [1.807, 2.05) is 0 Å². The molecule has 0 amide bonds. The Kier molecular flexibility index (Phi) is 4.71. The van der Waals surface area contributed by atoms with Gasteiger partial charge in [-0.05, 0) is 19.9 Å². The lowest BCUT2D eigenvalue weighted by Crippen LogP contribution is -2.16. The fourth-order valence-corrected chi connectivity index (χ4v) is 3.20. The second-order valence-electron chi connectivity index (χ2n) is 7.01. The fourth-order valence-electron chi connectivity index (χ4n) is 3.20. The van der Waals surface area contributed by atoms with Gasteiger partial charge in [-0.25, -0.2) is 23.1 Å². The van der Waals surface area contributed by atoms with E-state index in [4.69, 9.17) is 19.1 Å². The zero-order chi connectivity index (χ0) is 29.6. The highest BCUT2D eigenvalue weighted by Crippen LogP contribution is 2.36. The van der Waals surface area contributed by atoms with Crippen LogP contribution in [0.5, 0.6) is 11.5 Å². The maximum Gasteiger partial charge on any atom is 0.273 e. The van der Waals surface area contributed by atoms with Gasteiger partial charge in [0.15, 0.2) is 11.5 Å². The molecule has 0 saturated carbocycles. The Bertz CT molecular complexity index is 1370. The molecule has 0 bridgehead atoms. The molecule has 0 aliphatic heterocycles. The highest BCUT2D eigenvalue weighted by molar-refractivity contribution is 5.92. The summed E-state index contributed by atoms with van der Waals surface area (Å²) in [6, 6.07) is 5.35. The SMILES string of the molecule is [2H]C([2H])([2H])OC([2H])([2H])C([2H])([2H])Oc1cc2c(N[C@H](C)c3cccc(C(C)(F)F)c3F)nc(C)nc2cc1OC. The molecular weight excluding hydrogens is 423 g/mol. The molecule has 32 heavy (non-hydrogen) atoms. The Labute approximate surface area is 194 Å².